The summed E-state index contributed by atoms with van der Waals surface area (Å²) in [5.74, 6) is 0.812. The maximum atomic E-state index is 12.7. The normalized spacial score (nSPS) is 13.3. The van der Waals surface area contributed by atoms with E-state index in [2.05, 4.69) is 11.4 Å². The van der Waals surface area contributed by atoms with E-state index >= 15 is 0 Å². The molecule has 3 aromatic rings. The fraction of sp³-hybridized carbons (Fsp3) is 0.424. The molecule has 0 aliphatic carbocycles. The Labute approximate surface area is 265 Å². The molecule has 0 aliphatic heterocycles. The van der Waals surface area contributed by atoms with Crippen LogP contribution < -0.4 is 10.1 Å². The first-order chi connectivity index (χ1) is 20.3. The molecule has 0 saturated carbocycles. The zero-order valence-electron chi connectivity index (χ0n) is 25.9. The van der Waals surface area contributed by atoms with Gasteiger partial charge in [0.1, 0.15) is 18.0 Å². The van der Waals surface area contributed by atoms with Crippen LogP contribution in [0.2, 0.25) is 5.02 Å². The molecule has 1 atom stereocenters. The number of ether oxygens (including phenoxy) is 2. The minimum absolute atomic E-state index is 0.164. The van der Waals surface area contributed by atoms with E-state index in [0.29, 0.717) is 30.9 Å². The number of aryl methyl sites for hydroxylation is 1. The Kier molecular flexibility index (Phi) is 13.0. The number of amides is 1. The largest absolute Gasteiger partial charge is 0.489 e. The maximum absolute atomic E-state index is 12.7. The fourth-order valence-electron chi connectivity index (χ4n) is 4.41. The van der Waals surface area contributed by atoms with Crippen LogP contribution >= 0.6 is 31.0 Å². The standard InChI is InChI=1S/C33H43ClNO6PS/c1-32(2,3)41-31(36)35-33(4,20-21-42(37,38-5)39-6)19-11-14-26-17-18-29(23-30(26)34)43-28-16-10-15-27(22-28)40-24-25-12-8-7-9-13-25/h7-10,12-13,15-18,22-23H,11,14,19-21,24H2,1-6H3,(H,35,36). The van der Waals surface area contributed by atoms with Crippen molar-refractivity contribution in [2.75, 3.05) is 20.4 Å². The molecule has 3 aromatic carbocycles. The fourth-order valence-corrected chi connectivity index (χ4v) is 6.94. The number of halogens is 1. The van der Waals surface area contributed by atoms with Gasteiger partial charge >= 0.3 is 13.7 Å². The molecule has 43 heavy (non-hydrogen) atoms. The first-order valence-electron chi connectivity index (χ1n) is 14.3. The number of alkyl carbamates (subject to hydrolysis) is 1. The van der Waals surface area contributed by atoms with Crippen molar-refractivity contribution in [3.05, 3.63) is 88.9 Å². The van der Waals surface area contributed by atoms with Crippen molar-refractivity contribution in [3.8, 4) is 5.75 Å². The van der Waals surface area contributed by atoms with Crippen LogP contribution in [0, 0.1) is 0 Å². The highest BCUT2D eigenvalue weighted by atomic mass is 35.5. The van der Waals surface area contributed by atoms with Gasteiger partial charge in [-0.25, -0.2) is 4.79 Å². The van der Waals surface area contributed by atoms with Crippen molar-refractivity contribution in [3.63, 3.8) is 0 Å². The minimum atomic E-state index is -3.24. The summed E-state index contributed by atoms with van der Waals surface area (Å²) in [5, 5.41) is 3.68. The Hall–Kier alpha value is -2.48. The number of rotatable bonds is 15. The first-order valence-corrected chi connectivity index (χ1v) is 17.2. The molecule has 0 saturated heterocycles. The van der Waals surface area contributed by atoms with Crippen molar-refractivity contribution in [1.82, 2.24) is 5.32 Å². The molecule has 0 radical (unpaired) electrons. The number of hydrogen-bond acceptors (Lipinski definition) is 7. The zero-order valence-corrected chi connectivity index (χ0v) is 28.3. The Bertz CT molecular complexity index is 1380. The number of carbonyl (C=O) groups excluding carboxylic acids is 1. The zero-order chi connectivity index (χ0) is 31.5. The molecule has 1 N–H and O–H groups in total. The molecule has 234 valence electrons. The van der Waals surface area contributed by atoms with Gasteiger partial charge in [0.15, 0.2) is 0 Å². The summed E-state index contributed by atoms with van der Waals surface area (Å²) in [5.41, 5.74) is 0.812. The second-order valence-electron chi connectivity index (χ2n) is 11.6. The van der Waals surface area contributed by atoms with E-state index in [-0.39, 0.29) is 6.16 Å². The molecular weight excluding hydrogens is 605 g/mol. The van der Waals surface area contributed by atoms with Crippen LogP contribution in [0.25, 0.3) is 0 Å². The van der Waals surface area contributed by atoms with Gasteiger partial charge in [-0.15, -0.1) is 0 Å². The molecule has 1 amide bonds. The predicted octanol–water partition coefficient (Wildman–Crippen LogP) is 9.55. The maximum Gasteiger partial charge on any atom is 0.408 e. The first kappa shape index (κ1) is 35.0. The second-order valence-corrected chi connectivity index (χ2v) is 15.5. The van der Waals surface area contributed by atoms with Gasteiger partial charge in [0.25, 0.3) is 0 Å². The van der Waals surface area contributed by atoms with Gasteiger partial charge in [-0.1, -0.05) is 65.8 Å². The third-order valence-electron chi connectivity index (χ3n) is 6.79. The third-order valence-corrected chi connectivity index (χ3v) is 10.0. The van der Waals surface area contributed by atoms with Crippen LogP contribution in [0.5, 0.6) is 5.75 Å². The summed E-state index contributed by atoms with van der Waals surface area (Å²) in [7, 11) is -0.511. The number of carbonyl (C=O) groups is 1. The van der Waals surface area contributed by atoms with Gasteiger partial charge in [0.2, 0.25) is 0 Å². The van der Waals surface area contributed by atoms with Crippen LogP contribution in [0.1, 0.15) is 58.1 Å². The molecule has 0 heterocycles. The Morgan fingerprint density at radius 1 is 0.907 bits per heavy atom. The van der Waals surface area contributed by atoms with Gasteiger partial charge in [0, 0.05) is 34.6 Å². The van der Waals surface area contributed by atoms with Crippen molar-refractivity contribution in [2.45, 2.75) is 80.9 Å². The van der Waals surface area contributed by atoms with Gasteiger partial charge in [0.05, 0.1) is 6.16 Å². The minimum Gasteiger partial charge on any atom is -0.489 e. The summed E-state index contributed by atoms with van der Waals surface area (Å²) in [4.78, 5) is 14.7. The molecule has 0 spiro atoms. The van der Waals surface area contributed by atoms with Crippen molar-refractivity contribution in [2.24, 2.45) is 0 Å². The summed E-state index contributed by atoms with van der Waals surface area (Å²) in [6.07, 6.45) is 2.10. The molecular formula is C33H43ClNO6PS. The van der Waals surface area contributed by atoms with Crippen LogP contribution in [-0.2, 0) is 31.4 Å². The second kappa shape index (κ2) is 16.0. The van der Waals surface area contributed by atoms with Gasteiger partial charge in [-0.3, -0.25) is 4.57 Å². The van der Waals surface area contributed by atoms with Crippen molar-refractivity contribution >= 4 is 37.1 Å². The van der Waals surface area contributed by atoms with E-state index in [1.54, 1.807) is 11.8 Å². The lowest BCUT2D eigenvalue weighted by Gasteiger charge is -2.33. The van der Waals surface area contributed by atoms with E-state index in [1.807, 2.05) is 94.4 Å². The van der Waals surface area contributed by atoms with E-state index in [1.165, 1.54) is 14.2 Å². The van der Waals surface area contributed by atoms with Crippen LogP contribution in [0.3, 0.4) is 0 Å². The topological polar surface area (TPSA) is 83.1 Å². The highest BCUT2D eigenvalue weighted by Crippen LogP contribution is 2.48. The molecule has 7 nitrogen and oxygen atoms in total. The molecule has 0 aromatic heterocycles. The Balaban J connectivity index is 1.60. The van der Waals surface area contributed by atoms with Crippen molar-refractivity contribution in [1.29, 1.82) is 0 Å². The average Bonchev–Trinajstić information content (AvgIpc) is 2.96. The quantitative estimate of drug-likeness (QED) is 0.164. The van der Waals surface area contributed by atoms with Crippen LogP contribution in [-0.4, -0.2) is 37.6 Å². The third kappa shape index (κ3) is 12.2. The predicted molar refractivity (Wildman–Crippen MR) is 175 cm³/mol. The molecule has 10 heteroatoms. The van der Waals surface area contributed by atoms with Gasteiger partial charge in [-0.05, 0) is 94.8 Å². The molecule has 0 aliphatic rings. The number of hydrogen-bond donors (Lipinski definition) is 1. The number of nitrogens with one attached hydrogen (secondary N) is 1. The Morgan fingerprint density at radius 2 is 1.60 bits per heavy atom. The number of benzene rings is 3. The SMILES string of the molecule is COP(=O)(CCC(C)(CCCc1ccc(Sc2cccc(OCc3ccccc3)c2)cc1Cl)NC(=O)OC(C)(C)C)OC. The van der Waals surface area contributed by atoms with Crippen molar-refractivity contribution < 1.29 is 27.9 Å². The van der Waals surface area contributed by atoms with Crippen LogP contribution in [0.4, 0.5) is 4.79 Å². The Morgan fingerprint density at radius 3 is 2.26 bits per heavy atom. The van der Waals surface area contributed by atoms with Gasteiger partial charge < -0.3 is 23.8 Å². The van der Waals surface area contributed by atoms with E-state index in [0.717, 1.165) is 33.1 Å². The van der Waals surface area contributed by atoms with Gasteiger partial charge in [-0.2, -0.15) is 0 Å². The lowest BCUT2D eigenvalue weighted by molar-refractivity contribution is 0.0453. The summed E-state index contributed by atoms with van der Waals surface area (Å²) in [6, 6.07) is 24.2. The lowest BCUT2D eigenvalue weighted by atomic mass is 9.91. The monoisotopic (exact) mass is 647 g/mol. The average molecular weight is 648 g/mol. The van der Waals surface area contributed by atoms with Crippen LogP contribution in [0.15, 0.2) is 82.6 Å². The lowest BCUT2D eigenvalue weighted by Crippen LogP contribution is -2.48. The smallest absolute Gasteiger partial charge is 0.408 e. The van der Waals surface area contributed by atoms with E-state index < -0.39 is 24.8 Å². The highest BCUT2D eigenvalue weighted by molar-refractivity contribution is 7.99. The molecule has 1 unspecified atom stereocenters. The van der Waals surface area contributed by atoms with E-state index in [4.69, 9.17) is 30.1 Å². The molecule has 0 fully saturated rings. The summed E-state index contributed by atoms with van der Waals surface area (Å²) < 4.78 is 34.4. The molecule has 0 bridgehead atoms. The van der Waals surface area contributed by atoms with E-state index in [9.17, 15) is 9.36 Å². The highest BCUT2D eigenvalue weighted by Gasteiger charge is 2.33. The summed E-state index contributed by atoms with van der Waals surface area (Å²) in [6.45, 7) is 7.88. The molecule has 3 rings (SSSR count). The summed E-state index contributed by atoms with van der Waals surface area (Å²) >= 11 is 8.33.